The summed E-state index contributed by atoms with van der Waals surface area (Å²) in [7, 11) is 2.08. The van der Waals surface area contributed by atoms with Gasteiger partial charge in [0.15, 0.2) is 18.2 Å². The number of likely N-dealkylation sites (tertiary alicyclic amines) is 1. The summed E-state index contributed by atoms with van der Waals surface area (Å²) in [6, 6.07) is 9.15. The van der Waals surface area contributed by atoms with Gasteiger partial charge >= 0.3 is 6.09 Å². The van der Waals surface area contributed by atoms with Crippen molar-refractivity contribution in [3.8, 4) is 23.0 Å². The second-order valence-corrected chi connectivity index (χ2v) is 9.98. The average molecular weight is 547 g/mol. The van der Waals surface area contributed by atoms with Crippen LogP contribution in [0, 0.1) is 0 Å². The summed E-state index contributed by atoms with van der Waals surface area (Å²) in [6.45, 7) is 3.37. The number of pyridine rings is 2. The molecule has 3 aromatic rings. The van der Waals surface area contributed by atoms with Crippen LogP contribution in [0.3, 0.4) is 0 Å². The third-order valence-electron chi connectivity index (χ3n) is 6.88. The summed E-state index contributed by atoms with van der Waals surface area (Å²) in [5.74, 6) is 1.40. The molecule has 13 nitrogen and oxygen atoms in total. The third kappa shape index (κ3) is 5.95. The lowest BCUT2D eigenvalue weighted by Crippen LogP contribution is -2.29. The van der Waals surface area contributed by atoms with Crippen LogP contribution in [0.15, 0.2) is 42.7 Å². The number of hydrogen-bond donors (Lipinski definition) is 2. The number of anilines is 2. The molecule has 2 atom stereocenters. The Balaban J connectivity index is 0.997. The van der Waals surface area contributed by atoms with Crippen molar-refractivity contribution in [3.05, 3.63) is 48.4 Å². The first-order valence-electron chi connectivity index (χ1n) is 13.3. The Kier molecular flexibility index (Phi) is 7.38. The smallest absolute Gasteiger partial charge is 0.415 e. The number of hydrogen-bond acceptors (Lipinski definition) is 11. The maximum absolute atomic E-state index is 12.5. The van der Waals surface area contributed by atoms with Crippen LogP contribution in [-0.2, 0) is 16.1 Å². The van der Waals surface area contributed by atoms with Crippen LogP contribution in [0.5, 0.6) is 11.6 Å². The van der Waals surface area contributed by atoms with Crippen LogP contribution < -0.4 is 25.0 Å². The molecule has 2 saturated heterocycles. The van der Waals surface area contributed by atoms with Gasteiger partial charge < -0.3 is 29.7 Å². The largest absolute Gasteiger partial charge is 0.480 e. The van der Waals surface area contributed by atoms with Crippen LogP contribution in [0.2, 0.25) is 0 Å². The summed E-state index contributed by atoms with van der Waals surface area (Å²) in [5.41, 5.74) is 2.24. The molecule has 0 radical (unpaired) electrons. The minimum atomic E-state index is -0.470. The number of likely N-dealkylation sites (N-methyl/N-ethyl adjacent to an activating group) is 1. The first-order valence-corrected chi connectivity index (χ1v) is 13.3. The molecule has 2 amide bonds. The van der Waals surface area contributed by atoms with Gasteiger partial charge in [-0.3, -0.25) is 14.7 Å². The Hall–Kier alpha value is -4.36. The van der Waals surface area contributed by atoms with Crippen molar-refractivity contribution in [3.63, 3.8) is 0 Å². The summed E-state index contributed by atoms with van der Waals surface area (Å²) >= 11 is 0. The van der Waals surface area contributed by atoms with Gasteiger partial charge in [-0.1, -0.05) is 6.07 Å². The number of aromatic nitrogens is 4. The van der Waals surface area contributed by atoms with E-state index in [1.165, 1.54) is 4.90 Å². The molecule has 0 bridgehead atoms. The Labute approximate surface area is 230 Å². The highest BCUT2D eigenvalue weighted by Gasteiger charge is 2.33. The Bertz CT molecular complexity index is 1400. The standard InChI is InChI=1S/C27H30N8O5/c1-34-10-8-19(14-34)39-25-13-29-12-21(31-25)20-4-2-3-17(30-20)11-28-9-7-18-15-35(27(37)40-18)23-6-5-22-26(32-23)33-24(36)16-38-22/h2-6,12-13,18-19,28H,7-11,14-16H2,1H3,(H,32,33,36)/t18-,19-/m0/s1. The number of amides is 2. The van der Waals surface area contributed by atoms with Gasteiger partial charge in [0.2, 0.25) is 5.88 Å². The zero-order valence-corrected chi connectivity index (χ0v) is 22.1. The number of rotatable bonds is 9. The number of nitrogens with one attached hydrogen (secondary N) is 2. The van der Waals surface area contributed by atoms with E-state index < -0.39 is 6.09 Å². The monoisotopic (exact) mass is 546 g/mol. The molecule has 6 rings (SSSR count). The Morgan fingerprint density at radius 2 is 2.02 bits per heavy atom. The van der Waals surface area contributed by atoms with Crippen molar-refractivity contribution >= 4 is 23.6 Å². The molecule has 0 aliphatic carbocycles. The zero-order chi connectivity index (χ0) is 27.5. The number of nitrogens with zero attached hydrogens (tertiary/aromatic N) is 6. The fourth-order valence-corrected chi connectivity index (χ4v) is 4.85. The van der Waals surface area contributed by atoms with Crippen LogP contribution in [-0.4, -0.2) is 88.9 Å². The lowest BCUT2D eigenvalue weighted by atomic mass is 10.2. The van der Waals surface area contributed by atoms with Crippen molar-refractivity contribution in [2.75, 3.05) is 50.1 Å². The molecule has 3 aliphatic rings. The molecule has 3 aliphatic heterocycles. The Morgan fingerprint density at radius 3 is 2.90 bits per heavy atom. The molecule has 208 valence electrons. The molecule has 40 heavy (non-hydrogen) atoms. The van der Waals surface area contributed by atoms with E-state index in [2.05, 4.69) is 37.5 Å². The number of fused-ring (bicyclic) bond motifs is 1. The van der Waals surface area contributed by atoms with E-state index in [9.17, 15) is 9.59 Å². The van der Waals surface area contributed by atoms with Crippen molar-refractivity contribution in [1.29, 1.82) is 0 Å². The molecule has 6 heterocycles. The van der Waals surface area contributed by atoms with Crippen LogP contribution in [0.1, 0.15) is 18.5 Å². The summed E-state index contributed by atoms with van der Waals surface area (Å²) < 4.78 is 16.9. The predicted molar refractivity (Wildman–Crippen MR) is 144 cm³/mol. The molecule has 13 heteroatoms. The molecule has 0 unspecified atom stereocenters. The molecular weight excluding hydrogens is 516 g/mol. The minimum absolute atomic E-state index is 0.0521. The molecule has 2 N–H and O–H groups in total. The second-order valence-electron chi connectivity index (χ2n) is 9.98. The predicted octanol–water partition coefficient (Wildman–Crippen LogP) is 1.85. The molecule has 3 aromatic heterocycles. The molecule has 2 fully saturated rings. The maximum atomic E-state index is 12.5. The highest BCUT2D eigenvalue weighted by Crippen LogP contribution is 2.30. The SMILES string of the molecule is CN1CC[C@H](Oc2cncc(-c3cccc(CNCC[C@H]4CN(c5ccc6c(n5)NC(=O)CO6)C(=O)O4)n3)n2)C1. The quantitative estimate of drug-likeness (QED) is 0.380. The average Bonchev–Trinajstić information content (AvgIpc) is 3.55. The van der Waals surface area contributed by atoms with E-state index in [-0.39, 0.29) is 24.7 Å². The summed E-state index contributed by atoms with van der Waals surface area (Å²) in [5, 5.41) is 6.02. The minimum Gasteiger partial charge on any atom is -0.480 e. The van der Waals surface area contributed by atoms with Crippen molar-refractivity contribution in [2.24, 2.45) is 0 Å². The van der Waals surface area contributed by atoms with Gasteiger partial charge in [0.1, 0.15) is 23.7 Å². The normalized spacial score (nSPS) is 20.6. The number of carbonyl (C=O) groups excluding carboxylic acids is 2. The van der Waals surface area contributed by atoms with E-state index in [0.29, 0.717) is 55.0 Å². The van der Waals surface area contributed by atoms with Gasteiger partial charge in [0, 0.05) is 19.6 Å². The molecule has 0 saturated carbocycles. The maximum Gasteiger partial charge on any atom is 0.415 e. The fourth-order valence-electron chi connectivity index (χ4n) is 4.85. The number of ether oxygens (including phenoxy) is 3. The highest BCUT2D eigenvalue weighted by molar-refractivity contribution is 5.95. The lowest BCUT2D eigenvalue weighted by Gasteiger charge is -2.19. The summed E-state index contributed by atoms with van der Waals surface area (Å²) in [6.07, 6.45) is 4.27. The molecular formula is C27H30N8O5. The van der Waals surface area contributed by atoms with Gasteiger partial charge in [-0.05, 0) is 50.7 Å². The molecule has 0 spiro atoms. The van der Waals surface area contributed by atoms with Gasteiger partial charge in [-0.2, -0.15) is 0 Å². The number of carbonyl (C=O) groups is 2. The fraction of sp³-hybridized carbons (Fsp3) is 0.407. The van der Waals surface area contributed by atoms with Gasteiger partial charge in [-0.15, -0.1) is 0 Å². The zero-order valence-electron chi connectivity index (χ0n) is 22.1. The van der Waals surface area contributed by atoms with Gasteiger partial charge in [0.05, 0.1) is 30.3 Å². The van der Waals surface area contributed by atoms with E-state index in [1.54, 1.807) is 24.5 Å². The first-order chi connectivity index (χ1) is 19.5. The Morgan fingerprint density at radius 1 is 1.10 bits per heavy atom. The van der Waals surface area contributed by atoms with Crippen molar-refractivity contribution in [1.82, 2.24) is 30.2 Å². The van der Waals surface area contributed by atoms with E-state index in [0.717, 1.165) is 30.9 Å². The van der Waals surface area contributed by atoms with Crippen LogP contribution >= 0.6 is 0 Å². The topological polar surface area (TPSA) is 144 Å². The van der Waals surface area contributed by atoms with Crippen LogP contribution in [0.4, 0.5) is 16.4 Å². The third-order valence-corrected chi connectivity index (χ3v) is 6.88. The van der Waals surface area contributed by atoms with E-state index in [4.69, 9.17) is 19.2 Å². The summed E-state index contributed by atoms with van der Waals surface area (Å²) in [4.78, 5) is 45.8. The van der Waals surface area contributed by atoms with Crippen LogP contribution in [0.25, 0.3) is 11.4 Å². The van der Waals surface area contributed by atoms with Crippen molar-refractivity contribution < 1.29 is 23.8 Å². The van der Waals surface area contributed by atoms with E-state index in [1.807, 2.05) is 18.2 Å². The highest BCUT2D eigenvalue weighted by atomic mass is 16.6. The van der Waals surface area contributed by atoms with Gasteiger partial charge in [0.25, 0.3) is 5.91 Å². The van der Waals surface area contributed by atoms with Crippen molar-refractivity contribution in [2.45, 2.75) is 31.6 Å². The number of cyclic esters (lactones) is 1. The molecule has 0 aromatic carbocycles. The first kappa shape index (κ1) is 25.9. The lowest BCUT2D eigenvalue weighted by molar-refractivity contribution is -0.118. The second kappa shape index (κ2) is 11.4. The van der Waals surface area contributed by atoms with E-state index >= 15 is 0 Å². The van der Waals surface area contributed by atoms with Gasteiger partial charge in [-0.25, -0.2) is 19.7 Å².